The molecule has 2 aliphatic heterocycles. The van der Waals surface area contributed by atoms with Gasteiger partial charge in [0.05, 0.1) is 12.0 Å². The van der Waals surface area contributed by atoms with Crippen molar-refractivity contribution in [3.63, 3.8) is 0 Å². The van der Waals surface area contributed by atoms with E-state index in [4.69, 9.17) is 4.74 Å². The van der Waals surface area contributed by atoms with E-state index in [9.17, 15) is 4.79 Å². The van der Waals surface area contributed by atoms with E-state index >= 15 is 0 Å². The number of hydrogen-bond donors (Lipinski definition) is 0. The monoisotopic (exact) mass is 240 g/mol. The fourth-order valence-corrected chi connectivity index (χ4v) is 3.04. The van der Waals surface area contributed by atoms with Crippen molar-refractivity contribution in [2.24, 2.45) is 5.41 Å². The molecule has 2 fully saturated rings. The molecular formula is C13H24N2O2. The average Bonchev–Trinajstić information content (AvgIpc) is 2.33. The third-order valence-electron chi connectivity index (χ3n) is 4.08. The second-order valence-electron chi connectivity index (χ2n) is 5.68. The summed E-state index contributed by atoms with van der Waals surface area (Å²) >= 11 is 0. The van der Waals surface area contributed by atoms with Gasteiger partial charge < -0.3 is 9.64 Å². The molecule has 2 aliphatic rings. The Morgan fingerprint density at radius 1 is 1.41 bits per heavy atom. The van der Waals surface area contributed by atoms with E-state index in [0.29, 0.717) is 11.9 Å². The van der Waals surface area contributed by atoms with Crippen molar-refractivity contribution in [3.8, 4) is 0 Å². The lowest BCUT2D eigenvalue weighted by atomic mass is 9.72. The normalized spacial score (nSPS) is 30.1. The predicted octanol–water partition coefficient (Wildman–Crippen LogP) is 0.966. The number of amides is 1. The van der Waals surface area contributed by atoms with Crippen LogP contribution in [0.4, 0.5) is 0 Å². The first-order valence-corrected chi connectivity index (χ1v) is 6.61. The number of carbonyl (C=O) groups excluding carboxylic acids is 1. The molecule has 2 saturated heterocycles. The van der Waals surface area contributed by atoms with Crippen LogP contribution in [0, 0.1) is 5.41 Å². The van der Waals surface area contributed by atoms with Crippen LogP contribution < -0.4 is 0 Å². The SMILES string of the molecule is COCCN1CCC[C@@]2(C1)CN(C(C)C)C2=O. The van der Waals surface area contributed by atoms with Crippen molar-refractivity contribution in [2.45, 2.75) is 32.7 Å². The first-order valence-electron chi connectivity index (χ1n) is 6.61. The van der Waals surface area contributed by atoms with Crippen molar-refractivity contribution in [2.75, 3.05) is 39.9 Å². The smallest absolute Gasteiger partial charge is 0.232 e. The van der Waals surface area contributed by atoms with Crippen LogP contribution in [-0.2, 0) is 9.53 Å². The quantitative estimate of drug-likeness (QED) is 0.686. The summed E-state index contributed by atoms with van der Waals surface area (Å²) in [6.45, 7) is 8.89. The molecule has 17 heavy (non-hydrogen) atoms. The van der Waals surface area contributed by atoms with E-state index in [1.54, 1.807) is 7.11 Å². The second kappa shape index (κ2) is 4.94. The molecule has 0 bridgehead atoms. The molecule has 0 unspecified atom stereocenters. The molecule has 0 aromatic rings. The standard InChI is InChI=1S/C13H24N2O2/c1-11(2)15-10-13(12(15)16)5-4-6-14(9-13)7-8-17-3/h11H,4-10H2,1-3H3/t13-/m1/s1. The Balaban J connectivity index is 1.92. The molecule has 0 aromatic carbocycles. The number of hydrogen-bond acceptors (Lipinski definition) is 3. The van der Waals surface area contributed by atoms with E-state index in [1.165, 1.54) is 0 Å². The van der Waals surface area contributed by atoms with Gasteiger partial charge in [-0.25, -0.2) is 0 Å². The Morgan fingerprint density at radius 2 is 2.18 bits per heavy atom. The molecule has 0 aromatic heterocycles. The van der Waals surface area contributed by atoms with Gasteiger partial charge in [0.25, 0.3) is 0 Å². The van der Waals surface area contributed by atoms with Crippen molar-refractivity contribution in [1.82, 2.24) is 9.80 Å². The molecule has 0 aliphatic carbocycles. The minimum absolute atomic E-state index is 0.0593. The van der Waals surface area contributed by atoms with E-state index in [2.05, 4.69) is 18.7 Å². The number of likely N-dealkylation sites (tertiary alicyclic amines) is 2. The number of rotatable bonds is 4. The number of β-lactam (4-membered cyclic amide) rings is 1. The van der Waals surface area contributed by atoms with Crippen molar-refractivity contribution < 1.29 is 9.53 Å². The van der Waals surface area contributed by atoms with Crippen LogP contribution in [0.1, 0.15) is 26.7 Å². The van der Waals surface area contributed by atoms with Gasteiger partial charge in [-0.2, -0.15) is 0 Å². The van der Waals surface area contributed by atoms with E-state index in [-0.39, 0.29) is 5.41 Å². The van der Waals surface area contributed by atoms with Crippen LogP contribution in [0.25, 0.3) is 0 Å². The van der Waals surface area contributed by atoms with Crippen LogP contribution in [0.2, 0.25) is 0 Å². The molecule has 2 rings (SSSR count). The van der Waals surface area contributed by atoms with Crippen LogP contribution in [0.5, 0.6) is 0 Å². The molecule has 2 heterocycles. The van der Waals surface area contributed by atoms with E-state index in [0.717, 1.165) is 45.6 Å². The predicted molar refractivity (Wildman–Crippen MR) is 66.8 cm³/mol. The van der Waals surface area contributed by atoms with E-state index < -0.39 is 0 Å². The maximum Gasteiger partial charge on any atom is 0.232 e. The van der Waals surface area contributed by atoms with E-state index in [1.807, 2.05) is 4.90 Å². The van der Waals surface area contributed by atoms with Crippen molar-refractivity contribution in [1.29, 1.82) is 0 Å². The number of nitrogens with zero attached hydrogens (tertiary/aromatic N) is 2. The summed E-state index contributed by atoms with van der Waals surface area (Å²) in [6.07, 6.45) is 2.21. The summed E-state index contributed by atoms with van der Waals surface area (Å²) in [5.41, 5.74) is -0.0593. The highest BCUT2D eigenvalue weighted by atomic mass is 16.5. The third kappa shape index (κ3) is 2.33. The second-order valence-corrected chi connectivity index (χ2v) is 5.68. The largest absolute Gasteiger partial charge is 0.383 e. The average molecular weight is 240 g/mol. The molecule has 1 spiro atoms. The lowest BCUT2D eigenvalue weighted by Crippen LogP contribution is -2.68. The zero-order valence-corrected chi connectivity index (χ0v) is 11.2. The maximum absolute atomic E-state index is 12.3. The van der Waals surface area contributed by atoms with Crippen LogP contribution in [0.15, 0.2) is 0 Å². The summed E-state index contributed by atoms with van der Waals surface area (Å²) in [6, 6.07) is 0.350. The minimum Gasteiger partial charge on any atom is -0.383 e. The number of ether oxygens (including phenoxy) is 1. The Morgan fingerprint density at radius 3 is 2.76 bits per heavy atom. The van der Waals surface area contributed by atoms with Gasteiger partial charge in [-0.1, -0.05) is 0 Å². The van der Waals surface area contributed by atoms with Gasteiger partial charge >= 0.3 is 0 Å². The summed E-state index contributed by atoms with van der Waals surface area (Å²) in [5, 5.41) is 0. The highest BCUT2D eigenvalue weighted by Gasteiger charge is 2.54. The maximum atomic E-state index is 12.3. The van der Waals surface area contributed by atoms with Gasteiger partial charge in [-0.15, -0.1) is 0 Å². The summed E-state index contributed by atoms with van der Waals surface area (Å²) in [5.74, 6) is 0.370. The van der Waals surface area contributed by atoms with Crippen molar-refractivity contribution >= 4 is 5.91 Å². The summed E-state index contributed by atoms with van der Waals surface area (Å²) in [7, 11) is 1.73. The molecule has 4 nitrogen and oxygen atoms in total. The number of methoxy groups -OCH3 is 1. The van der Waals surface area contributed by atoms with Gasteiger partial charge in [-0.05, 0) is 33.2 Å². The van der Waals surface area contributed by atoms with Gasteiger partial charge in [-0.3, -0.25) is 9.69 Å². The lowest BCUT2D eigenvalue weighted by Gasteiger charge is -2.54. The molecule has 0 N–H and O–H groups in total. The first-order chi connectivity index (χ1) is 8.09. The Hall–Kier alpha value is -0.610. The molecule has 4 heteroatoms. The van der Waals surface area contributed by atoms with Gasteiger partial charge in [0.2, 0.25) is 5.91 Å². The fraction of sp³-hybridized carbons (Fsp3) is 0.923. The van der Waals surface area contributed by atoms with Gasteiger partial charge in [0.15, 0.2) is 0 Å². The number of carbonyl (C=O) groups is 1. The van der Waals surface area contributed by atoms with Gasteiger partial charge in [0.1, 0.15) is 0 Å². The molecule has 1 atom stereocenters. The number of piperidine rings is 1. The molecule has 0 radical (unpaired) electrons. The van der Waals surface area contributed by atoms with Crippen LogP contribution >= 0.6 is 0 Å². The third-order valence-corrected chi connectivity index (χ3v) is 4.08. The minimum atomic E-state index is -0.0593. The zero-order valence-electron chi connectivity index (χ0n) is 11.2. The Labute approximate surface area is 104 Å². The highest BCUT2D eigenvalue weighted by Crippen LogP contribution is 2.41. The Bertz CT molecular complexity index is 293. The summed E-state index contributed by atoms with van der Waals surface area (Å²) in [4.78, 5) is 16.6. The van der Waals surface area contributed by atoms with Crippen LogP contribution in [0.3, 0.4) is 0 Å². The summed E-state index contributed by atoms with van der Waals surface area (Å²) < 4.78 is 5.11. The van der Waals surface area contributed by atoms with Crippen LogP contribution in [-0.4, -0.2) is 61.6 Å². The van der Waals surface area contributed by atoms with Gasteiger partial charge in [0, 0.05) is 32.8 Å². The fourth-order valence-electron chi connectivity index (χ4n) is 3.04. The molecule has 0 saturated carbocycles. The highest BCUT2D eigenvalue weighted by molar-refractivity contribution is 5.89. The molecule has 1 amide bonds. The topological polar surface area (TPSA) is 32.8 Å². The van der Waals surface area contributed by atoms with Crippen molar-refractivity contribution in [3.05, 3.63) is 0 Å². The first kappa shape index (κ1) is 12.8. The lowest BCUT2D eigenvalue weighted by molar-refractivity contribution is -0.169. The molecular weight excluding hydrogens is 216 g/mol. The molecule has 98 valence electrons. The zero-order chi connectivity index (χ0) is 12.5. The Kier molecular flexibility index (Phi) is 3.73.